The third-order valence-electron chi connectivity index (χ3n) is 5.77. The predicted molar refractivity (Wildman–Crippen MR) is 142 cm³/mol. The van der Waals surface area contributed by atoms with E-state index in [2.05, 4.69) is 5.32 Å². The second-order valence-electron chi connectivity index (χ2n) is 9.04. The van der Waals surface area contributed by atoms with Crippen LogP contribution < -0.4 is 5.32 Å². The zero-order valence-electron chi connectivity index (χ0n) is 21.2. The van der Waals surface area contributed by atoms with Crippen molar-refractivity contribution in [3.05, 3.63) is 73.7 Å². The van der Waals surface area contributed by atoms with Crippen LogP contribution in [0.5, 0.6) is 0 Å². The fourth-order valence-electron chi connectivity index (χ4n) is 3.66. The molecular formula is C25H21Cl3F9NO3S. The summed E-state index contributed by atoms with van der Waals surface area (Å²) >= 11 is 17.4. The molecule has 0 fully saturated rings. The van der Waals surface area contributed by atoms with Crippen molar-refractivity contribution in [2.24, 2.45) is 0 Å². The molecule has 2 unspecified atom stereocenters. The minimum absolute atomic E-state index is 0.142. The SMILES string of the molecule is CCC(CS(=O)(=O)CCC(F)(F)F)NC(=O)c1ccc(/C=C/C(c2cc(Cl)c(Cl)c(Cl)c2)C(F)(F)F)cc1C(F)(F)F. The first kappa shape index (κ1) is 36.0. The van der Waals surface area contributed by atoms with E-state index in [1.165, 1.54) is 6.92 Å². The summed E-state index contributed by atoms with van der Waals surface area (Å²) in [7, 11) is -4.34. The summed E-state index contributed by atoms with van der Waals surface area (Å²) in [5, 5.41) is 1.31. The van der Waals surface area contributed by atoms with Crippen LogP contribution in [-0.2, 0) is 16.0 Å². The highest BCUT2D eigenvalue weighted by Gasteiger charge is 2.40. The Hall–Kier alpha value is -2.16. The summed E-state index contributed by atoms with van der Waals surface area (Å²) in [6.07, 6.45) is -15.3. The van der Waals surface area contributed by atoms with Gasteiger partial charge in [0.25, 0.3) is 5.91 Å². The molecule has 2 aromatic carbocycles. The third kappa shape index (κ3) is 10.5. The predicted octanol–water partition coefficient (Wildman–Crippen LogP) is 8.90. The molecule has 0 bridgehead atoms. The Morgan fingerprint density at radius 1 is 0.952 bits per heavy atom. The van der Waals surface area contributed by atoms with Crippen molar-refractivity contribution >= 4 is 56.6 Å². The average molecular weight is 693 g/mol. The summed E-state index contributed by atoms with van der Waals surface area (Å²) < 4.78 is 144. The van der Waals surface area contributed by atoms with Gasteiger partial charge < -0.3 is 5.32 Å². The van der Waals surface area contributed by atoms with Gasteiger partial charge in [0.05, 0.1) is 50.0 Å². The molecule has 2 rings (SSSR count). The zero-order chi connectivity index (χ0) is 32.3. The molecule has 17 heteroatoms. The van der Waals surface area contributed by atoms with Crippen molar-refractivity contribution in [3.63, 3.8) is 0 Å². The Morgan fingerprint density at radius 2 is 1.52 bits per heavy atom. The number of hydrogen-bond acceptors (Lipinski definition) is 3. The summed E-state index contributed by atoms with van der Waals surface area (Å²) in [6.45, 7) is 1.36. The van der Waals surface area contributed by atoms with Crippen LogP contribution in [0.25, 0.3) is 6.08 Å². The summed E-state index contributed by atoms with van der Waals surface area (Å²) in [4.78, 5) is 12.7. The van der Waals surface area contributed by atoms with Crippen LogP contribution in [0.4, 0.5) is 39.5 Å². The molecule has 42 heavy (non-hydrogen) atoms. The fraction of sp³-hybridized carbons (Fsp3) is 0.400. The molecule has 1 amide bonds. The van der Waals surface area contributed by atoms with Crippen LogP contribution in [0.1, 0.15) is 52.7 Å². The normalized spacial score (nSPS) is 14.7. The Labute approximate surface area is 249 Å². The van der Waals surface area contributed by atoms with Gasteiger partial charge in [0.2, 0.25) is 0 Å². The van der Waals surface area contributed by atoms with Gasteiger partial charge in [-0.25, -0.2) is 8.42 Å². The van der Waals surface area contributed by atoms with Gasteiger partial charge in [-0.3, -0.25) is 4.79 Å². The number of carbonyl (C=O) groups excluding carboxylic acids is 1. The van der Waals surface area contributed by atoms with Crippen molar-refractivity contribution in [2.75, 3.05) is 11.5 Å². The molecule has 0 spiro atoms. The number of rotatable bonds is 10. The fourth-order valence-corrected chi connectivity index (χ4v) is 5.91. The van der Waals surface area contributed by atoms with Gasteiger partial charge in [-0.15, -0.1) is 0 Å². The molecule has 2 atom stereocenters. The van der Waals surface area contributed by atoms with Crippen LogP contribution >= 0.6 is 34.8 Å². The largest absolute Gasteiger partial charge is 0.417 e. The van der Waals surface area contributed by atoms with Gasteiger partial charge >= 0.3 is 18.5 Å². The maximum absolute atomic E-state index is 13.8. The van der Waals surface area contributed by atoms with Crippen LogP contribution in [0.3, 0.4) is 0 Å². The number of nitrogens with one attached hydrogen (secondary N) is 1. The molecule has 0 aliphatic carbocycles. The van der Waals surface area contributed by atoms with Gasteiger partial charge in [0.1, 0.15) is 0 Å². The highest BCUT2D eigenvalue weighted by molar-refractivity contribution is 7.91. The molecule has 0 heterocycles. The van der Waals surface area contributed by atoms with E-state index >= 15 is 0 Å². The first-order valence-corrected chi connectivity index (χ1v) is 14.7. The summed E-state index contributed by atoms with van der Waals surface area (Å²) in [6, 6.07) is 2.52. The van der Waals surface area contributed by atoms with E-state index in [1.54, 1.807) is 0 Å². The van der Waals surface area contributed by atoms with Crippen molar-refractivity contribution in [3.8, 4) is 0 Å². The molecule has 0 saturated heterocycles. The molecule has 0 aliphatic rings. The standard InChI is InChI=1S/C25H21Cl3F9NO3S/c1-2-15(12-42(40,41)8-7-23(29,30)31)38-22(39)16-5-3-13(9-18(16)25(35,36)37)4-6-17(24(32,33)34)14-10-19(26)21(28)20(27)11-14/h3-6,9-11,15,17H,2,7-8,12H2,1H3,(H,38,39)/b6-4+. The van der Waals surface area contributed by atoms with Gasteiger partial charge in [-0.05, 0) is 41.8 Å². The molecule has 0 radical (unpaired) electrons. The van der Waals surface area contributed by atoms with Crippen LogP contribution in [0.2, 0.25) is 15.1 Å². The number of amides is 1. The summed E-state index contributed by atoms with van der Waals surface area (Å²) in [5.41, 5.74) is -3.34. The number of carbonyl (C=O) groups is 1. The minimum Gasteiger partial charge on any atom is -0.348 e. The topological polar surface area (TPSA) is 63.2 Å². The van der Waals surface area contributed by atoms with Gasteiger partial charge in [-0.2, -0.15) is 39.5 Å². The second kappa shape index (κ2) is 13.6. The smallest absolute Gasteiger partial charge is 0.348 e. The van der Waals surface area contributed by atoms with Crippen molar-refractivity contribution in [2.45, 2.75) is 50.3 Å². The molecular weight excluding hydrogens is 672 g/mol. The van der Waals surface area contributed by atoms with Crippen molar-refractivity contribution in [1.29, 1.82) is 0 Å². The number of sulfone groups is 1. The number of alkyl halides is 9. The van der Waals surface area contributed by atoms with Crippen molar-refractivity contribution < 1.29 is 52.7 Å². The number of hydrogen-bond donors (Lipinski definition) is 1. The Bertz CT molecular complexity index is 1400. The van der Waals surface area contributed by atoms with E-state index in [4.69, 9.17) is 34.8 Å². The molecule has 0 aliphatic heterocycles. The van der Waals surface area contributed by atoms with Crippen molar-refractivity contribution in [1.82, 2.24) is 5.32 Å². The maximum Gasteiger partial charge on any atom is 0.417 e. The van der Waals surface area contributed by atoms with Gasteiger partial charge in [0.15, 0.2) is 9.84 Å². The summed E-state index contributed by atoms with van der Waals surface area (Å²) in [5.74, 6) is -5.96. The second-order valence-corrected chi connectivity index (χ2v) is 12.5. The maximum atomic E-state index is 13.8. The lowest BCUT2D eigenvalue weighted by atomic mass is 9.96. The average Bonchev–Trinajstić information content (AvgIpc) is 2.83. The van der Waals surface area contributed by atoms with Crippen LogP contribution in [0, 0.1) is 0 Å². The molecule has 234 valence electrons. The first-order valence-electron chi connectivity index (χ1n) is 11.7. The number of benzene rings is 2. The number of allylic oxidation sites excluding steroid dienone is 1. The lowest BCUT2D eigenvalue weighted by Gasteiger charge is -2.20. The lowest BCUT2D eigenvalue weighted by Crippen LogP contribution is -2.40. The minimum atomic E-state index is -5.17. The quantitative estimate of drug-likeness (QED) is 0.200. The highest BCUT2D eigenvalue weighted by Crippen LogP contribution is 2.41. The molecule has 4 nitrogen and oxygen atoms in total. The van der Waals surface area contributed by atoms with Gasteiger partial charge in [-0.1, -0.05) is 59.9 Å². The lowest BCUT2D eigenvalue weighted by molar-refractivity contribution is -0.139. The third-order valence-corrected chi connectivity index (χ3v) is 8.71. The Kier molecular flexibility index (Phi) is 11.7. The van der Waals surface area contributed by atoms with E-state index in [0.717, 1.165) is 24.3 Å². The van der Waals surface area contributed by atoms with Gasteiger partial charge in [0, 0.05) is 6.04 Å². The molecule has 2 aromatic rings. The molecule has 1 N–H and O–H groups in total. The van der Waals surface area contributed by atoms with Crippen LogP contribution in [-0.4, -0.2) is 44.2 Å². The molecule has 0 saturated carbocycles. The van der Waals surface area contributed by atoms with E-state index in [-0.39, 0.29) is 27.1 Å². The molecule has 0 aromatic heterocycles. The monoisotopic (exact) mass is 691 g/mol. The van der Waals surface area contributed by atoms with Crippen LogP contribution in [0.15, 0.2) is 36.4 Å². The van der Waals surface area contributed by atoms with E-state index in [9.17, 15) is 52.7 Å². The Balaban J connectivity index is 2.38. The first-order chi connectivity index (χ1) is 19.0. The highest BCUT2D eigenvalue weighted by atomic mass is 35.5. The van der Waals surface area contributed by atoms with E-state index in [1.807, 2.05) is 0 Å². The van der Waals surface area contributed by atoms with E-state index < -0.39 is 80.8 Å². The van der Waals surface area contributed by atoms with E-state index in [0.29, 0.717) is 18.2 Å². The number of halogens is 12. The zero-order valence-corrected chi connectivity index (χ0v) is 24.3. The Morgan fingerprint density at radius 3 is 2.00 bits per heavy atom.